The van der Waals surface area contributed by atoms with Crippen LogP contribution in [0.1, 0.15) is 27.8 Å². The Kier molecular flexibility index (Phi) is 3.93. The van der Waals surface area contributed by atoms with E-state index in [-0.39, 0.29) is 17.9 Å². The number of aromatic amines is 1. The summed E-state index contributed by atoms with van der Waals surface area (Å²) in [4.78, 5) is 21.0. The first-order chi connectivity index (χ1) is 14.6. The van der Waals surface area contributed by atoms with E-state index in [0.29, 0.717) is 12.1 Å². The molecular formula is C24H17FIN3O. The van der Waals surface area contributed by atoms with E-state index >= 15 is 0 Å². The standard InChI is InChI=1S/C24H17FIN3O/c25-14-4-3-5-16(12-14)29-21-9-8-15(26)13-19(21)24(30)28-11-10-18-17-6-1-2-7-20(17)27-22(18)23(28)29/h1-9,12-13,23,27H,10-11H2. The van der Waals surface area contributed by atoms with E-state index in [0.717, 1.165) is 32.6 Å². The molecular weight excluding hydrogens is 492 g/mol. The van der Waals surface area contributed by atoms with Gasteiger partial charge in [0.05, 0.1) is 16.9 Å². The smallest absolute Gasteiger partial charge is 0.257 e. The van der Waals surface area contributed by atoms with E-state index in [4.69, 9.17) is 0 Å². The predicted molar refractivity (Wildman–Crippen MR) is 123 cm³/mol. The lowest BCUT2D eigenvalue weighted by Gasteiger charge is -2.47. The lowest BCUT2D eigenvalue weighted by molar-refractivity contribution is 0.0642. The van der Waals surface area contributed by atoms with E-state index in [2.05, 4.69) is 44.6 Å². The minimum absolute atomic E-state index is 0.0190. The molecule has 2 aliphatic rings. The zero-order valence-corrected chi connectivity index (χ0v) is 18.1. The molecule has 0 fully saturated rings. The van der Waals surface area contributed by atoms with E-state index < -0.39 is 0 Å². The van der Waals surface area contributed by atoms with E-state index in [9.17, 15) is 9.18 Å². The third kappa shape index (κ3) is 2.52. The summed E-state index contributed by atoms with van der Waals surface area (Å²) in [5.41, 5.74) is 5.48. The Hall–Kier alpha value is -2.87. The van der Waals surface area contributed by atoms with Gasteiger partial charge in [0, 0.05) is 26.7 Å². The Bertz CT molecular complexity index is 1330. The molecule has 0 saturated carbocycles. The van der Waals surface area contributed by atoms with Crippen molar-refractivity contribution in [1.82, 2.24) is 9.88 Å². The van der Waals surface area contributed by atoms with Crippen LogP contribution in [0.3, 0.4) is 0 Å². The van der Waals surface area contributed by atoms with Gasteiger partial charge < -0.3 is 14.8 Å². The number of anilines is 2. The first-order valence-electron chi connectivity index (χ1n) is 9.86. The van der Waals surface area contributed by atoms with Gasteiger partial charge in [-0.15, -0.1) is 0 Å². The SMILES string of the molecule is O=C1c2cc(I)ccc2N(c2cccc(F)c2)C2c3[nH]c4ccccc4c3CCN12. The molecule has 30 heavy (non-hydrogen) atoms. The fourth-order valence-corrected chi connectivity index (χ4v) is 5.28. The van der Waals surface area contributed by atoms with Crippen molar-refractivity contribution in [3.8, 4) is 0 Å². The molecule has 0 radical (unpaired) electrons. The molecule has 0 saturated heterocycles. The van der Waals surface area contributed by atoms with Gasteiger partial charge in [0.15, 0.2) is 6.17 Å². The fourth-order valence-electron chi connectivity index (χ4n) is 4.78. The molecule has 4 nitrogen and oxygen atoms in total. The Morgan fingerprint density at radius 1 is 1.03 bits per heavy atom. The fraction of sp³-hybridized carbons (Fsp3) is 0.125. The average Bonchev–Trinajstić information content (AvgIpc) is 3.13. The molecule has 1 N–H and O–H groups in total. The molecule has 2 aliphatic heterocycles. The van der Waals surface area contributed by atoms with Crippen LogP contribution in [0.2, 0.25) is 0 Å². The molecule has 3 heterocycles. The molecule has 6 heteroatoms. The minimum atomic E-state index is -0.344. The number of rotatable bonds is 1. The lowest BCUT2D eigenvalue weighted by Crippen LogP contribution is -2.50. The Balaban J connectivity index is 1.65. The number of nitrogens with one attached hydrogen (secondary N) is 1. The second kappa shape index (κ2) is 6.57. The summed E-state index contributed by atoms with van der Waals surface area (Å²) < 4.78 is 15.2. The van der Waals surface area contributed by atoms with Crippen LogP contribution in [0.5, 0.6) is 0 Å². The number of benzene rings is 3. The number of amides is 1. The largest absolute Gasteiger partial charge is 0.355 e. The second-order valence-corrected chi connectivity index (χ2v) is 8.94. The Labute approximate surface area is 186 Å². The highest BCUT2D eigenvalue weighted by Crippen LogP contribution is 2.47. The molecule has 148 valence electrons. The van der Waals surface area contributed by atoms with Gasteiger partial charge >= 0.3 is 0 Å². The van der Waals surface area contributed by atoms with Gasteiger partial charge in [0.2, 0.25) is 0 Å². The van der Waals surface area contributed by atoms with Gasteiger partial charge in [-0.1, -0.05) is 24.3 Å². The molecule has 1 atom stereocenters. The van der Waals surface area contributed by atoms with Crippen LogP contribution >= 0.6 is 22.6 Å². The van der Waals surface area contributed by atoms with Gasteiger partial charge in [-0.3, -0.25) is 4.79 Å². The Morgan fingerprint density at radius 2 is 1.90 bits per heavy atom. The number of carbonyl (C=O) groups excluding carboxylic acids is 1. The van der Waals surface area contributed by atoms with E-state index in [1.54, 1.807) is 6.07 Å². The highest BCUT2D eigenvalue weighted by Gasteiger charge is 2.43. The van der Waals surface area contributed by atoms with Crippen molar-refractivity contribution in [3.63, 3.8) is 0 Å². The maximum Gasteiger partial charge on any atom is 0.257 e. The van der Waals surface area contributed by atoms with Crippen LogP contribution in [0, 0.1) is 9.39 Å². The number of para-hydroxylation sites is 1. The van der Waals surface area contributed by atoms with Gasteiger partial charge in [0.25, 0.3) is 5.91 Å². The zero-order chi connectivity index (χ0) is 20.4. The molecule has 1 aromatic heterocycles. The molecule has 1 amide bonds. The van der Waals surface area contributed by atoms with Gasteiger partial charge in [-0.05, 0) is 77.0 Å². The van der Waals surface area contributed by atoms with Crippen LogP contribution in [0.25, 0.3) is 10.9 Å². The van der Waals surface area contributed by atoms with Crippen LogP contribution < -0.4 is 4.90 Å². The molecule has 1 unspecified atom stereocenters. The maximum absolute atomic E-state index is 14.2. The normalized spacial score (nSPS) is 17.7. The highest BCUT2D eigenvalue weighted by molar-refractivity contribution is 14.1. The van der Waals surface area contributed by atoms with Crippen molar-refractivity contribution in [2.75, 3.05) is 11.4 Å². The van der Waals surface area contributed by atoms with Crippen molar-refractivity contribution in [2.45, 2.75) is 12.6 Å². The predicted octanol–water partition coefficient (Wildman–Crippen LogP) is 5.76. The summed E-state index contributed by atoms with van der Waals surface area (Å²) in [5, 5.41) is 1.19. The number of hydrogen-bond donors (Lipinski definition) is 1. The van der Waals surface area contributed by atoms with Gasteiger partial charge in [0.1, 0.15) is 5.82 Å². The van der Waals surface area contributed by atoms with Crippen LogP contribution in [-0.2, 0) is 6.42 Å². The molecule has 6 rings (SSSR count). The first kappa shape index (κ1) is 17.9. The molecule has 0 bridgehead atoms. The van der Waals surface area contributed by atoms with Crippen LogP contribution in [-0.4, -0.2) is 22.3 Å². The Morgan fingerprint density at radius 3 is 2.77 bits per heavy atom. The maximum atomic E-state index is 14.2. The monoisotopic (exact) mass is 509 g/mol. The molecule has 4 aromatic rings. The second-order valence-electron chi connectivity index (χ2n) is 7.70. The van der Waals surface area contributed by atoms with Crippen molar-refractivity contribution >= 4 is 50.8 Å². The third-order valence-corrected chi connectivity index (χ3v) is 6.71. The van der Waals surface area contributed by atoms with Crippen LogP contribution in [0.15, 0.2) is 66.7 Å². The summed E-state index contributed by atoms with van der Waals surface area (Å²) >= 11 is 2.22. The molecule has 0 spiro atoms. The quantitative estimate of drug-likeness (QED) is 0.332. The summed E-state index contributed by atoms with van der Waals surface area (Å²) in [6, 6.07) is 20.7. The van der Waals surface area contributed by atoms with E-state index in [1.165, 1.54) is 23.1 Å². The van der Waals surface area contributed by atoms with Crippen molar-refractivity contribution in [1.29, 1.82) is 0 Å². The number of carbonyl (C=O) groups is 1. The van der Waals surface area contributed by atoms with Crippen molar-refractivity contribution in [3.05, 3.63) is 92.9 Å². The number of aromatic nitrogens is 1. The summed E-state index contributed by atoms with van der Waals surface area (Å²) in [7, 11) is 0. The van der Waals surface area contributed by atoms with Gasteiger partial charge in [-0.25, -0.2) is 4.39 Å². The zero-order valence-electron chi connectivity index (χ0n) is 15.9. The molecule has 3 aromatic carbocycles. The highest BCUT2D eigenvalue weighted by atomic mass is 127. The number of hydrogen-bond acceptors (Lipinski definition) is 2. The third-order valence-electron chi connectivity index (χ3n) is 6.04. The van der Waals surface area contributed by atoms with Crippen molar-refractivity contribution < 1.29 is 9.18 Å². The number of H-pyrrole nitrogens is 1. The summed E-state index contributed by atoms with van der Waals surface area (Å²) in [5.74, 6) is -0.277. The minimum Gasteiger partial charge on any atom is -0.355 e. The number of nitrogens with zero attached hydrogens (tertiary/aromatic N) is 2. The molecule has 0 aliphatic carbocycles. The number of halogens is 2. The lowest BCUT2D eigenvalue weighted by atomic mass is 9.95. The van der Waals surface area contributed by atoms with Gasteiger partial charge in [-0.2, -0.15) is 0 Å². The topological polar surface area (TPSA) is 39.3 Å². The van der Waals surface area contributed by atoms with Crippen molar-refractivity contribution in [2.24, 2.45) is 0 Å². The summed E-state index contributed by atoms with van der Waals surface area (Å²) in [6.07, 6.45) is 0.445. The van der Waals surface area contributed by atoms with E-state index in [1.807, 2.05) is 41.3 Å². The van der Waals surface area contributed by atoms with Crippen LogP contribution in [0.4, 0.5) is 15.8 Å². The number of fused-ring (bicyclic) bond motifs is 6. The first-order valence-corrected chi connectivity index (χ1v) is 10.9. The average molecular weight is 509 g/mol. The summed E-state index contributed by atoms with van der Waals surface area (Å²) in [6.45, 7) is 0.620.